The second-order valence-electron chi connectivity index (χ2n) is 5.62. The molecule has 0 rings (SSSR count). The van der Waals surface area contributed by atoms with Crippen LogP contribution < -0.4 is 0 Å². The fraction of sp³-hybridized carbons (Fsp3) is 1.00. The van der Waals surface area contributed by atoms with Crippen LogP contribution in [0.5, 0.6) is 0 Å². The molecule has 0 atom stereocenters. The Balaban J connectivity index is 3.38. The molecular weight excluding hydrogens is 224 g/mol. The summed E-state index contributed by atoms with van der Waals surface area (Å²) in [7, 11) is 0. The average Bonchev–Trinajstić information content (AvgIpc) is 2.42. The second-order valence-corrected chi connectivity index (χ2v) is 5.62. The maximum absolute atomic E-state index is 8.19. The van der Waals surface area contributed by atoms with Crippen molar-refractivity contribution in [2.45, 2.75) is 91.4 Å². The smallest absolute Gasteiger partial charge is 0.0819 e. The van der Waals surface area contributed by atoms with E-state index in [0.717, 1.165) is 6.42 Å². The van der Waals surface area contributed by atoms with Crippen LogP contribution in [0.1, 0.15) is 91.4 Å². The van der Waals surface area contributed by atoms with Crippen LogP contribution in [0.25, 0.3) is 0 Å². The fourth-order valence-electron chi connectivity index (χ4n) is 2.83. The predicted octanol–water partition coefficient (Wildman–Crippen LogP) is 5.81. The Bertz CT molecular complexity index is 156. The Labute approximate surface area is 114 Å². The third-order valence-electron chi connectivity index (χ3n) is 4.69. The number of hydrogen-bond donors (Lipinski definition) is 1. The average molecular weight is 258 g/mol. The Hall–Kier alpha value is -0.0800. The third kappa shape index (κ3) is 8.10. The van der Waals surface area contributed by atoms with Gasteiger partial charge >= 0.3 is 0 Å². The molecule has 0 aliphatic rings. The van der Waals surface area contributed by atoms with Crippen molar-refractivity contribution in [2.75, 3.05) is 6.61 Å². The molecule has 0 saturated carbocycles. The molecule has 1 N–H and O–H groups in total. The maximum atomic E-state index is 8.19. The highest BCUT2D eigenvalue weighted by Crippen LogP contribution is 2.36. The normalized spacial score (nSPS) is 12.0. The van der Waals surface area contributed by atoms with E-state index >= 15 is 0 Å². The molecular formula is C16H34O2. The lowest BCUT2D eigenvalue weighted by Gasteiger charge is -2.30. The van der Waals surface area contributed by atoms with Crippen molar-refractivity contribution >= 4 is 0 Å². The summed E-state index contributed by atoms with van der Waals surface area (Å²) in [5.41, 5.74) is 0.623. The number of rotatable bonds is 13. The van der Waals surface area contributed by atoms with Gasteiger partial charge in [-0.05, 0) is 18.3 Å². The van der Waals surface area contributed by atoms with Crippen molar-refractivity contribution in [1.82, 2.24) is 0 Å². The molecule has 0 unspecified atom stereocenters. The molecule has 0 fully saturated rings. The maximum Gasteiger partial charge on any atom is 0.0819 e. The molecule has 0 aliphatic heterocycles. The minimum absolute atomic E-state index is 0.492. The molecule has 0 aromatic carbocycles. The van der Waals surface area contributed by atoms with Gasteiger partial charge in [0.25, 0.3) is 0 Å². The minimum atomic E-state index is 0.492. The van der Waals surface area contributed by atoms with Crippen LogP contribution in [0.15, 0.2) is 0 Å². The zero-order valence-corrected chi connectivity index (χ0v) is 12.8. The van der Waals surface area contributed by atoms with E-state index in [1.54, 1.807) is 0 Å². The van der Waals surface area contributed by atoms with Gasteiger partial charge in [-0.1, -0.05) is 78.6 Å². The van der Waals surface area contributed by atoms with Gasteiger partial charge in [0, 0.05) is 0 Å². The molecule has 0 aliphatic carbocycles. The summed E-state index contributed by atoms with van der Waals surface area (Å²) in [5.74, 6) is 0. The summed E-state index contributed by atoms with van der Waals surface area (Å²) >= 11 is 0. The van der Waals surface area contributed by atoms with Crippen molar-refractivity contribution in [3.05, 3.63) is 0 Å². The van der Waals surface area contributed by atoms with Crippen molar-refractivity contribution < 1.29 is 10.1 Å². The first-order chi connectivity index (χ1) is 8.74. The van der Waals surface area contributed by atoms with Crippen LogP contribution in [0.4, 0.5) is 0 Å². The molecule has 0 aromatic heterocycles. The van der Waals surface area contributed by atoms with Gasteiger partial charge in [-0.3, -0.25) is 5.26 Å². The standard InChI is InChI=1S/C16H34O2/c1-4-16(5-2,6-3)14-12-10-8-7-9-11-13-15-18-17/h17H,4-15H2,1-3H3. The van der Waals surface area contributed by atoms with Crippen LogP contribution >= 0.6 is 0 Å². The van der Waals surface area contributed by atoms with E-state index in [4.69, 9.17) is 5.26 Å². The first-order valence-corrected chi connectivity index (χ1v) is 8.01. The highest BCUT2D eigenvalue weighted by molar-refractivity contribution is 4.74. The lowest BCUT2D eigenvalue weighted by Crippen LogP contribution is -2.17. The second kappa shape index (κ2) is 12.0. The first-order valence-electron chi connectivity index (χ1n) is 8.01. The van der Waals surface area contributed by atoms with Crippen molar-refractivity contribution in [3.63, 3.8) is 0 Å². The quantitative estimate of drug-likeness (QED) is 0.256. The van der Waals surface area contributed by atoms with E-state index < -0.39 is 0 Å². The lowest BCUT2D eigenvalue weighted by atomic mass is 9.75. The molecule has 0 aromatic rings. The van der Waals surface area contributed by atoms with Crippen molar-refractivity contribution in [3.8, 4) is 0 Å². The zero-order chi connectivity index (χ0) is 13.7. The number of hydrogen-bond acceptors (Lipinski definition) is 2. The van der Waals surface area contributed by atoms with Crippen LogP contribution in [-0.2, 0) is 4.89 Å². The summed E-state index contributed by atoms with van der Waals surface area (Å²) in [6, 6.07) is 0. The van der Waals surface area contributed by atoms with E-state index in [0.29, 0.717) is 12.0 Å². The summed E-state index contributed by atoms with van der Waals surface area (Å²) in [6.45, 7) is 7.52. The summed E-state index contributed by atoms with van der Waals surface area (Å²) in [4.78, 5) is 4.06. The van der Waals surface area contributed by atoms with E-state index in [1.165, 1.54) is 64.2 Å². The Kier molecular flexibility index (Phi) is 11.9. The van der Waals surface area contributed by atoms with Gasteiger partial charge < -0.3 is 0 Å². The third-order valence-corrected chi connectivity index (χ3v) is 4.69. The highest BCUT2D eigenvalue weighted by atomic mass is 17.1. The Morgan fingerprint density at radius 2 is 1.17 bits per heavy atom. The van der Waals surface area contributed by atoms with Crippen LogP contribution in [0.3, 0.4) is 0 Å². The topological polar surface area (TPSA) is 29.5 Å². The first kappa shape index (κ1) is 17.9. The molecule has 2 nitrogen and oxygen atoms in total. The highest BCUT2D eigenvalue weighted by Gasteiger charge is 2.22. The number of unbranched alkanes of at least 4 members (excludes halogenated alkanes) is 6. The molecule has 18 heavy (non-hydrogen) atoms. The van der Waals surface area contributed by atoms with Gasteiger partial charge in [0.1, 0.15) is 0 Å². The van der Waals surface area contributed by atoms with E-state index in [2.05, 4.69) is 25.7 Å². The fourth-order valence-corrected chi connectivity index (χ4v) is 2.83. The zero-order valence-electron chi connectivity index (χ0n) is 12.8. The Morgan fingerprint density at radius 3 is 1.61 bits per heavy atom. The minimum Gasteiger partial charge on any atom is -0.252 e. The summed E-state index contributed by atoms with van der Waals surface area (Å²) < 4.78 is 0. The van der Waals surface area contributed by atoms with Crippen molar-refractivity contribution in [2.24, 2.45) is 5.41 Å². The van der Waals surface area contributed by atoms with Crippen LogP contribution in [0.2, 0.25) is 0 Å². The van der Waals surface area contributed by atoms with Gasteiger partial charge in [-0.25, -0.2) is 4.89 Å². The summed E-state index contributed by atoms with van der Waals surface area (Å²) in [5, 5.41) is 8.19. The lowest BCUT2D eigenvalue weighted by molar-refractivity contribution is -0.242. The SMILES string of the molecule is CCC(CC)(CC)CCCCCCCCCOO. The molecule has 0 amide bonds. The van der Waals surface area contributed by atoms with Gasteiger partial charge in [0.2, 0.25) is 0 Å². The van der Waals surface area contributed by atoms with Gasteiger partial charge in [0.15, 0.2) is 0 Å². The van der Waals surface area contributed by atoms with Crippen molar-refractivity contribution in [1.29, 1.82) is 0 Å². The van der Waals surface area contributed by atoms with Gasteiger partial charge in [-0.15, -0.1) is 0 Å². The van der Waals surface area contributed by atoms with Gasteiger partial charge in [-0.2, -0.15) is 0 Å². The molecule has 0 heterocycles. The van der Waals surface area contributed by atoms with E-state index in [-0.39, 0.29) is 0 Å². The molecule has 110 valence electrons. The summed E-state index contributed by atoms with van der Waals surface area (Å²) in [6.07, 6.45) is 14.4. The molecule has 2 heteroatoms. The van der Waals surface area contributed by atoms with Crippen LogP contribution in [-0.4, -0.2) is 11.9 Å². The molecule has 0 bridgehead atoms. The van der Waals surface area contributed by atoms with E-state index in [1.807, 2.05) is 0 Å². The molecule has 0 saturated heterocycles. The monoisotopic (exact) mass is 258 g/mol. The molecule has 0 radical (unpaired) electrons. The van der Waals surface area contributed by atoms with Gasteiger partial charge in [0.05, 0.1) is 6.61 Å². The van der Waals surface area contributed by atoms with E-state index in [9.17, 15) is 0 Å². The predicted molar refractivity (Wildman–Crippen MR) is 78.8 cm³/mol. The largest absolute Gasteiger partial charge is 0.252 e. The Morgan fingerprint density at radius 1 is 0.722 bits per heavy atom. The van der Waals surface area contributed by atoms with Crippen LogP contribution in [0, 0.1) is 5.41 Å². The molecule has 0 spiro atoms.